The summed E-state index contributed by atoms with van der Waals surface area (Å²) < 4.78 is 22.0. The van der Waals surface area contributed by atoms with Gasteiger partial charge >= 0.3 is 0 Å². The summed E-state index contributed by atoms with van der Waals surface area (Å²) in [7, 11) is -3.69. The Labute approximate surface area is 175 Å². The summed E-state index contributed by atoms with van der Waals surface area (Å²) in [5.41, 5.74) is 1.17. The smallest absolute Gasteiger partial charge is 0.184 e. The van der Waals surface area contributed by atoms with Crippen molar-refractivity contribution in [2.75, 3.05) is 7.05 Å². The highest BCUT2D eigenvalue weighted by Gasteiger charge is 2.54. The Hall–Kier alpha value is -0.236. The molecule has 1 aliphatic rings. The molecule has 4 atom stereocenters. The topological polar surface area (TPSA) is 34.1 Å². The van der Waals surface area contributed by atoms with Gasteiger partial charge < -0.3 is 13.4 Å². The highest BCUT2D eigenvalue weighted by molar-refractivity contribution is 7.61. The third-order valence-electron chi connectivity index (χ3n) is 4.83. The summed E-state index contributed by atoms with van der Waals surface area (Å²) in [5.74, 6) is -0.0282. The van der Waals surface area contributed by atoms with E-state index in [1.165, 1.54) is 5.56 Å². The minimum absolute atomic E-state index is 0.0229. The normalized spacial score (nSPS) is 28.4. The first-order valence-electron chi connectivity index (χ1n) is 10.3. The van der Waals surface area contributed by atoms with Gasteiger partial charge in [-0.3, -0.25) is 0 Å². The van der Waals surface area contributed by atoms with E-state index in [0.29, 0.717) is 0 Å². The quantitative estimate of drug-likeness (QED) is 0.359. The molecule has 1 aromatic rings. The summed E-state index contributed by atoms with van der Waals surface area (Å²) in [5, 5.41) is 0. The van der Waals surface area contributed by atoms with Crippen LogP contribution >= 0.6 is 7.43 Å². The van der Waals surface area contributed by atoms with E-state index in [0.717, 1.165) is 0 Å². The molecule has 0 amide bonds. The number of benzene rings is 1. The van der Waals surface area contributed by atoms with E-state index in [1.807, 2.05) is 0 Å². The summed E-state index contributed by atoms with van der Waals surface area (Å²) in [6.45, 7) is 22.8. The Kier molecular flexibility index (Phi) is 6.97. The molecule has 160 valence electrons. The van der Waals surface area contributed by atoms with Crippen molar-refractivity contribution >= 4 is 24.0 Å². The van der Waals surface area contributed by atoms with Gasteiger partial charge in [-0.1, -0.05) is 51.1 Å². The molecule has 0 spiro atoms. The monoisotopic (exact) mass is 440 g/mol. The summed E-state index contributed by atoms with van der Waals surface area (Å²) in [4.78, 5) is 0. The van der Waals surface area contributed by atoms with Crippen LogP contribution in [0.1, 0.15) is 39.4 Å². The van der Waals surface area contributed by atoms with Gasteiger partial charge in [0.1, 0.15) is 11.9 Å². The lowest BCUT2D eigenvalue weighted by Gasteiger charge is -2.45. The molecule has 1 aliphatic heterocycles. The van der Waals surface area contributed by atoms with Crippen molar-refractivity contribution in [2.45, 2.75) is 85.0 Å². The van der Waals surface area contributed by atoms with Crippen LogP contribution in [-0.2, 0) is 8.95 Å². The van der Waals surface area contributed by atoms with Gasteiger partial charge in [-0.05, 0) is 64.2 Å². The van der Waals surface area contributed by atoms with Crippen LogP contribution in [0.4, 0.5) is 0 Å². The lowest BCUT2D eigenvalue weighted by molar-refractivity contribution is 0.129. The fraction of sp³-hybridized carbons (Fsp3) is 0.714. The Balaban J connectivity index is 2.69. The molecule has 0 radical (unpaired) electrons. The zero-order valence-electron chi connectivity index (χ0n) is 19.8. The van der Waals surface area contributed by atoms with Crippen molar-refractivity contribution in [1.29, 1.82) is 0 Å². The van der Waals surface area contributed by atoms with Crippen LogP contribution in [0, 0.1) is 5.41 Å². The van der Waals surface area contributed by atoms with Crippen molar-refractivity contribution < 1.29 is 8.95 Å². The van der Waals surface area contributed by atoms with Gasteiger partial charge in [-0.15, -0.1) is 0 Å². The molecule has 1 heterocycles. The molecular weight excluding hydrogens is 399 g/mol. The zero-order valence-corrected chi connectivity index (χ0v) is 22.7. The SMILES string of the molecule is C[C@H]1[C@@H](c2ccccc2)O[P@@](=N[Si](C)(C)C)([C@@H](O[Si](C)(C)C)C(C)(C)C)N1C. The standard InChI is InChI=1S/C21H41N2O2PSi2/c1-17-19(18-15-13-12-14-16-18)24-26(23(17)5,22-27(6,7)8)20(21(2,3)4)25-28(9,10)11/h12-17,19-20H,1-11H3/t17-,19-,20+,26+/m0/s1. The lowest BCUT2D eigenvalue weighted by atomic mass is 9.98. The second-order valence-corrected chi connectivity index (χ2v) is 23.2. The third-order valence-corrected chi connectivity index (χ3v) is 12.8. The van der Waals surface area contributed by atoms with Gasteiger partial charge in [0.05, 0.1) is 0 Å². The van der Waals surface area contributed by atoms with E-state index in [4.69, 9.17) is 13.4 Å². The minimum atomic E-state index is -2.33. The van der Waals surface area contributed by atoms with Crippen molar-refractivity contribution in [3.05, 3.63) is 35.9 Å². The Morgan fingerprint density at radius 2 is 1.61 bits per heavy atom. The second-order valence-electron chi connectivity index (χ2n) is 11.1. The lowest BCUT2D eigenvalue weighted by Crippen LogP contribution is -2.42. The maximum Gasteiger partial charge on any atom is 0.184 e. The van der Waals surface area contributed by atoms with E-state index in [9.17, 15) is 0 Å². The van der Waals surface area contributed by atoms with Crippen LogP contribution in [0.15, 0.2) is 34.7 Å². The summed E-state index contributed by atoms with van der Waals surface area (Å²) in [6, 6.07) is 10.9. The van der Waals surface area contributed by atoms with E-state index < -0.39 is 24.0 Å². The summed E-state index contributed by atoms with van der Waals surface area (Å²) in [6.07, 6.45) is 0.0229. The minimum Gasteiger partial charge on any atom is -0.405 e. The predicted molar refractivity (Wildman–Crippen MR) is 128 cm³/mol. The average molecular weight is 441 g/mol. The Morgan fingerprint density at radius 3 is 2.04 bits per heavy atom. The van der Waals surface area contributed by atoms with Crippen LogP contribution in [0.5, 0.6) is 0 Å². The first kappa shape index (κ1) is 24.0. The molecule has 0 unspecified atom stereocenters. The number of rotatable bonds is 5. The number of hydrogen-bond acceptors (Lipinski definition) is 3. The van der Waals surface area contributed by atoms with Gasteiger partial charge in [0.25, 0.3) is 0 Å². The van der Waals surface area contributed by atoms with Crippen LogP contribution in [-0.4, -0.2) is 40.2 Å². The van der Waals surface area contributed by atoms with Crippen LogP contribution in [0.25, 0.3) is 0 Å². The van der Waals surface area contributed by atoms with E-state index in [-0.39, 0.29) is 23.4 Å². The van der Waals surface area contributed by atoms with Crippen LogP contribution in [0.2, 0.25) is 39.3 Å². The van der Waals surface area contributed by atoms with Crippen molar-refractivity contribution in [3.63, 3.8) is 0 Å². The molecule has 2 rings (SSSR count). The fourth-order valence-electron chi connectivity index (χ4n) is 3.65. The molecule has 1 fully saturated rings. The zero-order chi connectivity index (χ0) is 21.5. The first-order valence-corrected chi connectivity index (χ1v) is 18.9. The van der Waals surface area contributed by atoms with E-state index in [2.05, 4.69) is 109 Å². The Morgan fingerprint density at radius 1 is 1.07 bits per heavy atom. The van der Waals surface area contributed by atoms with Crippen molar-refractivity contribution in [2.24, 2.45) is 9.83 Å². The molecular formula is C21H41N2O2PSi2. The summed E-state index contributed by atoms with van der Waals surface area (Å²) >= 11 is 0. The molecule has 0 bridgehead atoms. The number of nitrogens with zero attached hydrogens (tertiary/aromatic N) is 2. The average Bonchev–Trinajstić information content (AvgIpc) is 2.76. The maximum atomic E-state index is 7.07. The second kappa shape index (κ2) is 8.12. The number of likely N-dealkylation sites (N-methyl/N-ethyl adjacent to an activating group) is 1. The molecule has 0 N–H and O–H groups in total. The predicted octanol–water partition coefficient (Wildman–Crippen LogP) is 7.17. The largest absolute Gasteiger partial charge is 0.405 e. The van der Waals surface area contributed by atoms with E-state index in [1.54, 1.807) is 0 Å². The van der Waals surface area contributed by atoms with Gasteiger partial charge in [-0.2, -0.15) is 0 Å². The molecule has 0 saturated carbocycles. The van der Waals surface area contributed by atoms with Crippen molar-refractivity contribution in [1.82, 2.24) is 4.67 Å². The highest BCUT2D eigenvalue weighted by atomic mass is 31.2. The maximum absolute atomic E-state index is 7.07. The van der Waals surface area contributed by atoms with Crippen LogP contribution < -0.4 is 0 Å². The van der Waals surface area contributed by atoms with Crippen molar-refractivity contribution in [3.8, 4) is 0 Å². The molecule has 7 heteroatoms. The third kappa shape index (κ3) is 5.47. The van der Waals surface area contributed by atoms with Gasteiger partial charge in [0.2, 0.25) is 0 Å². The molecule has 1 aromatic carbocycles. The molecule has 0 aromatic heterocycles. The number of hydrogen-bond donors (Lipinski definition) is 0. The molecule has 0 aliphatic carbocycles. The van der Waals surface area contributed by atoms with Gasteiger partial charge in [0.15, 0.2) is 24.0 Å². The highest BCUT2D eigenvalue weighted by Crippen LogP contribution is 2.71. The Bertz CT molecular complexity index is 721. The first-order chi connectivity index (χ1) is 12.6. The van der Waals surface area contributed by atoms with Crippen LogP contribution in [0.3, 0.4) is 0 Å². The van der Waals surface area contributed by atoms with E-state index >= 15 is 0 Å². The van der Waals surface area contributed by atoms with Gasteiger partial charge in [-0.25, -0.2) is 4.67 Å². The molecule has 28 heavy (non-hydrogen) atoms. The molecule has 1 saturated heterocycles. The van der Waals surface area contributed by atoms with Gasteiger partial charge in [0, 0.05) is 6.04 Å². The fourth-order valence-corrected chi connectivity index (χ4v) is 13.7. The molecule has 4 nitrogen and oxygen atoms in total.